The van der Waals surface area contributed by atoms with Crippen LogP contribution in [0, 0.1) is 20.8 Å². The zero-order valence-corrected chi connectivity index (χ0v) is 14.0. The van der Waals surface area contributed by atoms with Crippen LogP contribution in [0.3, 0.4) is 0 Å². The largest absolute Gasteiger partial charge is 0.278 e. The molecule has 3 nitrogen and oxygen atoms in total. The van der Waals surface area contributed by atoms with Gasteiger partial charge in [-0.2, -0.15) is 0 Å². The molecular formula is C15H16BrNO2S. The van der Waals surface area contributed by atoms with Crippen molar-refractivity contribution in [1.29, 1.82) is 0 Å². The quantitative estimate of drug-likeness (QED) is 0.899. The van der Waals surface area contributed by atoms with Gasteiger partial charge in [-0.3, -0.25) is 4.72 Å². The average molecular weight is 354 g/mol. The van der Waals surface area contributed by atoms with E-state index in [1.807, 2.05) is 32.9 Å². The molecule has 0 radical (unpaired) electrons. The smallest absolute Gasteiger partial charge is 0.261 e. The highest BCUT2D eigenvalue weighted by Crippen LogP contribution is 2.29. The Bertz CT molecular complexity index is 714. The molecule has 0 amide bonds. The zero-order chi connectivity index (χ0) is 14.9. The van der Waals surface area contributed by atoms with Crippen molar-refractivity contribution in [1.82, 2.24) is 0 Å². The molecule has 0 aliphatic carbocycles. The van der Waals surface area contributed by atoms with Crippen molar-refractivity contribution >= 4 is 31.6 Å². The molecule has 2 rings (SSSR count). The second kappa shape index (κ2) is 5.58. The van der Waals surface area contributed by atoms with Crippen molar-refractivity contribution in [2.45, 2.75) is 25.7 Å². The number of aryl methyl sites for hydroxylation is 3. The molecule has 0 heterocycles. The van der Waals surface area contributed by atoms with Gasteiger partial charge in [0.25, 0.3) is 10.0 Å². The fraction of sp³-hybridized carbons (Fsp3) is 0.200. The van der Waals surface area contributed by atoms with E-state index in [2.05, 4.69) is 20.7 Å². The van der Waals surface area contributed by atoms with E-state index in [4.69, 9.17) is 0 Å². The average Bonchev–Trinajstić information content (AvgIpc) is 2.34. The predicted molar refractivity (Wildman–Crippen MR) is 85.6 cm³/mol. The highest BCUT2D eigenvalue weighted by atomic mass is 79.9. The van der Waals surface area contributed by atoms with Crippen LogP contribution in [0.1, 0.15) is 16.7 Å². The number of anilines is 1. The van der Waals surface area contributed by atoms with Crippen LogP contribution >= 0.6 is 15.9 Å². The molecule has 0 saturated carbocycles. The molecule has 0 saturated heterocycles. The van der Waals surface area contributed by atoms with Gasteiger partial charge in [-0.15, -0.1) is 0 Å². The number of hydrogen-bond acceptors (Lipinski definition) is 2. The van der Waals surface area contributed by atoms with Crippen molar-refractivity contribution in [3.8, 4) is 0 Å². The zero-order valence-electron chi connectivity index (χ0n) is 11.6. The van der Waals surface area contributed by atoms with Crippen molar-refractivity contribution in [3.05, 3.63) is 57.6 Å². The highest BCUT2D eigenvalue weighted by Gasteiger charge is 2.16. The number of hydrogen-bond donors (Lipinski definition) is 1. The van der Waals surface area contributed by atoms with E-state index < -0.39 is 10.0 Å². The Morgan fingerprint density at radius 3 is 2.10 bits per heavy atom. The molecule has 106 valence electrons. The SMILES string of the molecule is Cc1ccc(S(=O)(=O)Nc2c(C)cc(C)cc2Br)cc1. The Balaban J connectivity index is 2.41. The van der Waals surface area contributed by atoms with Crippen LogP contribution in [0.2, 0.25) is 0 Å². The molecule has 0 atom stereocenters. The van der Waals surface area contributed by atoms with E-state index in [9.17, 15) is 8.42 Å². The van der Waals surface area contributed by atoms with Gasteiger partial charge in [0.1, 0.15) is 0 Å². The molecule has 0 aliphatic rings. The maximum Gasteiger partial charge on any atom is 0.261 e. The minimum atomic E-state index is -3.57. The van der Waals surface area contributed by atoms with E-state index in [0.717, 1.165) is 21.2 Å². The Hall–Kier alpha value is -1.33. The van der Waals surface area contributed by atoms with Gasteiger partial charge in [0, 0.05) is 4.47 Å². The third-order valence-electron chi connectivity index (χ3n) is 3.00. The Labute approximate surface area is 128 Å². The van der Waals surface area contributed by atoms with Gasteiger partial charge >= 0.3 is 0 Å². The molecule has 1 N–H and O–H groups in total. The topological polar surface area (TPSA) is 46.2 Å². The molecule has 2 aromatic carbocycles. The summed E-state index contributed by atoms with van der Waals surface area (Å²) in [4.78, 5) is 0.259. The minimum absolute atomic E-state index is 0.259. The minimum Gasteiger partial charge on any atom is -0.278 e. The third kappa shape index (κ3) is 3.22. The molecule has 0 bridgehead atoms. The highest BCUT2D eigenvalue weighted by molar-refractivity contribution is 9.10. The summed E-state index contributed by atoms with van der Waals surface area (Å²) < 4.78 is 28.1. The summed E-state index contributed by atoms with van der Waals surface area (Å²) >= 11 is 3.41. The number of halogens is 1. The molecule has 5 heteroatoms. The summed E-state index contributed by atoms with van der Waals surface area (Å²) in [6.45, 7) is 5.77. The number of nitrogens with one attached hydrogen (secondary N) is 1. The second-order valence-electron chi connectivity index (χ2n) is 4.86. The van der Waals surface area contributed by atoms with E-state index in [-0.39, 0.29) is 4.90 Å². The lowest BCUT2D eigenvalue weighted by atomic mass is 10.1. The molecule has 0 spiro atoms. The summed E-state index contributed by atoms with van der Waals surface area (Å²) in [6.07, 6.45) is 0. The predicted octanol–water partition coefficient (Wildman–Crippen LogP) is 4.18. The Kier molecular flexibility index (Phi) is 4.20. The number of sulfonamides is 1. The number of benzene rings is 2. The molecule has 20 heavy (non-hydrogen) atoms. The third-order valence-corrected chi connectivity index (χ3v) is 4.99. The van der Waals surface area contributed by atoms with Crippen LogP contribution in [0.4, 0.5) is 5.69 Å². The molecule has 0 aliphatic heterocycles. The van der Waals surface area contributed by atoms with Crippen LogP contribution < -0.4 is 4.72 Å². The monoisotopic (exact) mass is 353 g/mol. The summed E-state index contributed by atoms with van der Waals surface area (Å²) in [5.41, 5.74) is 3.56. The van der Waals surface area contributed by atoms with Gasteiger partial charge in [0.2, 0.25) is 0 Å². The normalized spacial score (nSPS) is 11.4. The first-order valence-corrected chi connectivity index (χ1v) is 8.43. The summed E-state index contributed by atoms with van der Waals surface area (Å²) in [7, 11) is -3.57. The molecular weight excluding hydrogens is 338 g/mol. The maximum atomic E-state index is 12.4. The van der Waals surface area contributed by atoms with Gasteiger partial charge in [0.15, 0.2) is 0 Å². The van der Waals surface area contributed by atoms with Crippen LogP contribution in [0.5, 0.6) is 0 Å². The fourth-order valence-corrected chi connectivity index (χ4v) is 4.01. The first-order valence-electron chi connectivity index (χ1n) is 6.16. The van der Waals surface area contributed by atoms with Crippen molar-refractivity contribution in [3.63, 3.8) is 0 Å². The van der Waals surface area contributed by atoms with E-state index in [1.165, 1.54) is 0 Å². The van der Waals surface area contributed by atoms with E-state index in [1.54, 1.807) is 24.3 Å². The molecule has 0 unspecified atom stereocenters. The van der Waals surface area contributed by atoms with Gasteiger partial charge in [-0.05, 0) is 66.0 Å². The summed E-state index contributed by atoms with van der Waals surface area (Å²) in [5.74, 6) is 0. The standard InChI is InChI=1S/C15H16BrNO2S/c1-10-4-6-13(7-5-10)20(18,19)17-15-12(3)8-11(2)9-14(15)16/h4-9,17H,1-3H3. The lowest BCUT2D eigenvalue weighted by Gasteiger charge is -2.13. The van der Waals surface area contributed by atoms with Crippen molar-refractivity contribution in [2.24, 2.45) is 0 Å². The van der Waals surface area contributed by atoms with Gasteiger partial charge in [-0.25, -0.2) is 8.42 Å². The molecule has 0 aromatic heterocycles. The van der Waals surface area contributed by atoms with E-state index >= 15 is 0 Å². The van der Waals surface area contributed by atoms with Crippen molar-refractivity contribution in [2.75, 3.05) is 4.72 Å². The van der Waals surface area contributed by atoms with E-state index in [0.29, 0.717) is 5.69 Å². The van der Waals surface area contributed by atoms with Crippen LogP contribution in [-0.2, 0) is 10.0 Å². The van der Waals surface area contributed by atoms with Crippen LogP contribution in [0.15, 0.2) is 45.8 Å². The maximum absolute atomic E-state index is 12.4. The Morgan fingerprint density at radius 2 is 1.55 bits per heavy atom. The summed E-state index contributed by atoms with van der Waals surface area (Å²) in [5, 5.41) is 0. The Morgan fingerprint density at radius 1 is 0.950 bits per heavy atom. The molecule has 2 aromatic rings. The first-order chi connectivity index (χ1) is 9.29. The van der Waals surface area contributed by atoms with Crippen molar-refractivity contribution < 1.29 is 8.42 Å². The number of rotatable bonds is 3. The van der Waals surface area contributed by atoms with Gasteiger partial charge < -0.3 is 0 Å². The second-order valence-corrected chi connectivity index (χ2v) is 7.39. The lowest BCUT2D eigenvalue weighted by Crippen LogP contribution is -2.14. The van der Waals surface area contributed by atoms with Gasteiger partial charge in [-0.1, -0.05) is 23.8 Å². The lowest BCUT2D eigenvalue weighted by molar-refractivity contribution is 0.601. The van der Waals surface area contributed by atoms with Gasteiger partial charge in [0.05, 0.1) is 10.6 Å². The first kappa shape index (κ1) is 15.1. The molecule has 0 fully saturated rings. The fourth-order valence-electron chi connectivity index (χ4n) is 1.96. The summed E-state index contributed by atoms with van der Waals surface area (Å²) in [6, 6.07) is 10.6. The van der Waals surface area contributed by atoms with Crippen LogP contribution in [0.25, 0.3) is 0 Å². The van der Waals surface area contributed by atoms with Crippen LogP contribution in [-0.4, -0.2) is 8.42 Å².